The van der Waals surface area contributed by atoms with Crippen LogP contribution in [0.2, 0.25) is 0 Å². The Kier molecular flexibility index (Phi) is 7.92. The molecule has 0 spiro atoms. The van der Waals surface area contributed by atoms with Crippen molar-refractivity contribution in [2.45, 2.75) is 44.7 Å². The smallest absolute Gasteiger partial charge is 0.261 e. The Hall–Kier alpha value is -3.52. The zero-order valence-corrected chi connectivity index (χ0v) is 20.3. The van der Waals surface area contributed by atoms with E-state index in [2.05, 4.69) is 10.6 Å². The molecule has 2 N–H and O–H groups in total. The summed E-state index contributed by atoms with van der Waals surface area (Å²) in [6, 6.07) is 15.3. The van der Waals surface area contributed by atoms with Gasteiger partial charge in [0.2, 0.25) is 11.8 Å². The summed E-state index contributed by atoms with van der Waals surface area (Å²) in [6.45, 7) is 1.57. The summed E-state index contributed by atoms with van der Waals surface area (Å²) < 4.78 is 13.7. The molecule has 3 amide bonds. The minimum atomic E-state index is -1.02. The lowest BCUT2D eigenvalue weighted by atomic mass is 10.0. The number of amides is 3. The predicted molar refractivity (Wildman–Crippen MR) is 135 cm³/mol. The van der Waals surface area contributed by atoms with Gasteiger partial charge in [-0.3, -0.25) is 19.3 Å². The third-order valence-corrected chi connectivity index (χ3v) is 7.05. The van der Waals surface area contributed by atoms with E-state index in [-0.39, 0.29) is 24.4 Å². The molecular formula is C27H28FN3O3S. The van der Waals surface area contributed by atoms with Crippen molar-refractivity contribution in [2.24, 2.45) is 0 Å². The van der Waals surface area contributed by atoms with Gasteiger partial charge in [0.15, 0.2) is 0 Å². The number of para-hydroxylation sites is 1. The van der Waals surface area contributed by atoms with Crippen molar-refractivity contribution < 1.29 is 18.8 Å². The number of hydrogen-bond acceptors (Lipinski definition) is 4. The molecule has 8 heteroatoms. The van der Waals surface area contributed by atoms with E-state index in [9.17, 15) is 18.8 Å². The molecule has 1 atom stereocenters. The first-order chi connectivity index (χ1) is 16.9. The van der Waals surface area contributed by atoms with Crippen LogP contribution in [0.4, 0.5) is 10.1 Å². The number of rotatable bonds is 8. The second-order valence-electron chi connectivity index (χ2n) is 8.65. The van der Waals surface area contributed by atoms with Gasteiger partial charge in [-0.25, -0.2) is 4.39 Å². The average molecular weight is 494 g/mol. The van der Waals surface area contributed by atoms with Crippen molar-refractivity contribution in [1.82, 2.24) is 10.6 Å². The van der Waals surface area contributed by atoms with Crippen molar-refractivity contribution in [3.8, 4) is 0 Å². The fourth-order valence-corrected chi connectivity index (χ4v) is 5.04. The van der Waals surface area contributed by atoms with Crippen molar-refractivity contribution >= 4 is 34.7 Å². The van der Waals surface area contributed by atoms with Crippen molar-refractivity contribution in [1.29, 1.82) is 0 Å². The Bertz CT molecular complexity index is 1170. The Morgan fingerprint density at radius 2 is 1.74 bits per heavy atom. The van der Waals surface area contributed by atoms with Crippen molar-refractivity contribution in [3.05, 3.63) is 87.9 Å². The zero-order chi connectivity index (χ0) is 24.8. The molecule has 4 rings (SSSR count). The summed E-state index contributed by atoms with van der Waals surface area (Å²) in [6.07, 6.45) is 3.86. The summed E-state index contributed by atoms with van der Waals surface area (Å²) in [4.78, 5) is 41.7. The fraction of sp³-hybridized carbons (Fsp3) is 0.296. The van der Waals surface area contributed by atoms with E-state index in [1.165, 1.54) is 40.5 Å². The third-order valence-electron chi connectivity index (χ3n) is 6.18. The van der Waals surface area contributed by atoms with Crippen molar-refractivity contribution in [3.63, 3.8) is 0 Å². The standard InChI is InChI=1S/C27H28FN3O3S/c1-18-7-2-5-10-22(18)31(24(32)17-29-26(33)23-11-6-16-35-23)25(19-12-14-20(28)15-13-19)27(34)30-21-8-3-4-9-21/h2,5-7,10-16,21,25H,3-4,8-9,17H2,1H3,(H,29,33)(H,30,34)/t25-/m0/s1. The normalized spacial score (nSPS) is 14.3. The van der Waals surface area contributed by atoms with Gasteiger partial charge in [0.25, 0.3) is 5.91 Å². The van der Waals surface area contributed by atoms with Crippen LogP contribution in [-0.4, -0.2) is 30.3 Å². The molecule has 0 unspecified atom stereocenters. The van der Waals surface area contributed by atoms with E-state index in [0.29, 0.717) is 16.1 Å². The van der Waals surface area contributed by atoms with Gasteiger partial charge in [-0.15, -0.1) is 11.3 Å². The van der Waals surface area contributed by atoms with Crippen LogP contribution in [0.3, 0.4) is 0 Å². The Balaban J connectivity index is 1.69. The van der Waals surface area contributed by atoms with Gasteiger partial charge < -0.3 is 10.6 Å². The molecule has 2 aromatic carbocycles. The summed E-state index contributed by atoms with van der Waals surface area (Å²) in [7, 11) is 0. The highest BCUT2D eigenvalue weighted by molar-refractivity contribution is 7.12. The molecule has 1 aliphatic rings. The molecule has 1 heterocycles. The lowest BCUT2D eigenvalue weighted by molar-refractivity contribution is -0.126. The highest BCUT2D eigenvalue weighted by atomic mass is 32.1. The van der Waals surface area contributed by atoms with Gasteiger partial charge in [0, 0.05) is 11.7 Å². The topological polar surface area (TPSA) is 78.5 Å². The summed E-state index contributed by atoms with van der Waals surface area (Å²) >= 11 is 1.28. The molecule has 0 radical (unpaired) electrons. The predicted octanol–water partition coefficient (Wildman–Crippen LogP) is 4.76. The zero-order valence-electron chi connectivity index (χ0n) is 19.5. The minimum Gasteiger partial charge on any atom is -0.351 e. The first kappa shape index (κ1) is 24.6. The van der Waals surface area contributed by atoms with Crippen LogP contribution in [0.1, 0.15) is 52.5 Å². The molecule has 1 aliphatic carbocycles. The second-order valence-corrected chi connectivity index (χ2v) is 9.60. The lowest BCUT2D eigenvalue weighted by Crippen LogP contribution is -2.49. The highest BCUT2D eigenvalue weighted by Crippen LogP contribution is 2.31. The van der Waals surface area contributed by atoms with Crippen LogP contribution in [0, 0.1) is 12.7 Å². The van der Waals surface area contributed by atoms with Gasteiger partial charge in [0.05, 0.1) is 11.4 Å². The number of hydrogen-bond donors (Lipinski definition) is 2. The molecule has 35 heavy (non-hydrogen) atoms. The largest absolute Gasteiger partial charge is 0.351 e. The number of halogens is 1. The lowest BCUT2D eigenvalue weighted by Gasteiger charge is -2.33. The molecule has 6 nitrogen and oxygen atoms in total. The molecule has 3 aromatic rings. The van der Waals surface area contributed by atoms with Gasteiger partial charge in [-0.05, 0) is 60.5 Å². The third kappa shape index (κ3) is 5.95. The van der Waals surface area contributed by atoms with E-state index < -0.39 is 17.8 Å². The SMILES string of the molecule is Cc1ccccc1N(C(=O)CNC(=O)c1cccs1)[C@H](C(=O)NC1CCCC1)c1ccc(F)cc1. The first-order valence-electron chi connectivity index (χ1n) is 11.7. The average Bonchev–Trinajstić information content (AvgIpc) is 3.57. The van der Waals surface area contributed by atoms with Crippen LogP contribution < -0.4 is 15.5 Å². The number of aryl methyl sites for hydroxylation is 1. The van der Waals surface area contributed by atoms with E-state index in [0.717, 1.165) is 31.2 Å². The van der Waals surface area contributed by atoms with Crippen LogP contribution in [0.25, 0.3) is 0 Å². The Morgan fingerprint density at radius 3 is 2.40 bits per heavy atom. The molecule has 182 valence electrons. The number of nitrogens with zero attached hydrogens (tertiary/aromatic N) is 1. The monoisotopic (exact) mass is 493 g/mol. The van der Waals surface area contributed by atoms with Gasteiger partial charge in [-0.2, -0.15) is 0 Å². The van der Waals surface area contributed by atoms with E-state index >= 15 is 0 Å². The highest BCUT2D eigenvalue weighted by Gasteiger charge is 2.35. The molecule has 1 aromatic heterocycles. The van der Waals surface area contributed by atoms with Gasteiger partial charge >= 0.3 is 0 Å². The maximum Gasteiger partial charge on any atom is 0.261 e. The molecular weight excluding hydrogens is 465 g/mol. The number of anilines is 1. The van der Waals surface area contributed by atoms with E-state index in [4.69, 9.17) is 0 Å². The number of benzene rings is 2. The molecule has 1 saturated carbocycles. The second kappa shape index (κ2) is 11.3. The number of carbonyl (C=O) groups is 3. The number of carbonyl (C=O) groups excluding carboxylic acids is 3. The number of thiophene rings is 1. The Morgan fingerprint density at radius 1 is 1.03 bits per heavy atom. The quantitative estimate of drug-likeness (QED) is 0.475. The molecule has 1 fully saturated rings. The Labute approximate surface area is 208 Å². The number of nitrogens with one attached hydrogen (secondary N) is 2. The first-order valence-corrected chi connectivity index (χ1v) is 12.6. The van der Waals surface area contributed by atoms with Crippen LogP contribution in [0.15, 0.2) is 66.0 Å². The molecule has 0 bridgehead atoms. The van der Waals surface area contributed by atoms with Crippen LogP contribution >= 0.6 is 11.3 Å². The minimum absolute atomic E-state index is 0.0396. The molecule has 0 aliphatic heterocycles. The maximum absolute atomic E-state index is 13.7. The summed E-state index contributed by atoms with van der Waals surface area (Å²) in [5.41, 5.74) is 1.84. The van der Waals surface area contributed by atoms with E-state index in [1.807, 2.05) is 19.1 Å². The molecule has 0 saturated heterocycles. The van der Waals surface area contributed by atoms with Crippen molar-refractivity contribution in [2.75, 3.05) is 11.4 Å². The van der Waals surface area contributed by atoms with E-state index in [1.54, 1.807) is 29.6 Å². The van der Waals surface area contributed by atoms with Crippen LogP contribution in [0.5, 0.6) is 0 Å². The summed E-state index contributed by atoms with van der Waals surface area (Å²) in [5, 5.41) is 7.55. The summed E-state index contributed by atoms with van der Waals surface area (Å²) in [5.74, 6) is -1.56. The maximum atomic E-state index is 13.7. The fourth-order valence-electron chi connectivity index (χ4n) is 4.40. The van der Waals surface area contributed by atoms with Crippen LogP contribution in [-0.2, 0) is 9.59 Å². The van der Waals surface area contributed by atoms with Gasteiger partial charge in [0.1, 0.15) is 11.9 Å². The van der Waals surface area contributed by atoms with Gasteiger partial charge in [-0.1, -0.05) is 49.2 Å².